The van der Waals surface area contributed by atoms with Crippen molar-refractivity contribution in [3.05, 3.63) is 70.4 Å². The molecule has 1 aromatic heterocycles. The van der Waals surface area contributed by atoms with Crippen molar-refractivity contribution >= 4 is 23.8 Å². The van der Waals surface area contributed by atoms with Gasteiger partial charge in [0.25, 0.3) is 5.69 Å². The predicted molar refractivity (Wildman–Crippen MR) is 74.5 cm³/mol. The SMILES string of the molecule is O=[N+]([O-])c1ccc(C=CC=Nc2ccccn2)cc1. The van der Waals surface area contributed by atoms with Gasteiger partial charge in [-0.05, 0) is 35.9 Å². The third-order valence-corrected chi connectivity index (χ3v) is 2.33. The maximum atomic E-state index is 10.5. The number of benzene rings is 1. The van der Waals surface area contributed by atoms with E-state index in [1.54, 1.807) is 36.7 Å². The van der Waals surface area contributed by atoms with Crippen LogP contribution in [-0.2, 0) is 0 Å². The second-order valence-electron chi connectivity index (χ2n) is 3.67. The van der Waals surface area contributed by atoms with E-state index in [4.69, 9.17) is 0 Å². The second-order valence-corrected chi connectivity index (χ2v) is 3.67. The minimum Gasteiger partial charge on any atom is -0.258 e. The van der Waals surface area contributed by atoms with Crippen LogP contribution in [0.25, 0.3) is 6.08 Å². The lowest BCUT2D eigenvalue weighted by Crippen LogP contribution is -1.86. The number of allylic oxidation sites excluding steroid dienone is 1. The lowest BCUT2D eigenvalue weighted by Gasteiger charge is -1.92. The molecule has 0 N–H and O–H groups in total. The Morgan fingerprint density at radius 1 is 1.16 bits per heavy atom. The van der Waals surface area contributed by atoms with Crippen LogP contribution in [0.3, 0.4) is 0 Å². The average molecular weight is 253 g/mol. The number of hydrogen-bond acceptors (Lipinski definition) is 4. The molecule has 2 aromatic rings. The Morgan fingerprint density at radius 3 is 2.58 bits per heavy atom. The van der Waals surface area contributed by atoms with Crippen LogP contribution in [0, 0.1) is 10.1 Å². The smallest absolute Gasteiger partial charge is 0.258 e. The first-order valence-electron chi connectivity index (χ1n) is 5.62. The van der Waals surface area contributed by atoms with Crippen molar-refractivity contribution < 1.29 is 4.92 Å². The van der Waals surface area contributed by atoms with E-state index < -0.39 is 4.92 Å². The number of non-ortho nitro benzene ring substituents is 1. The summed E-state index contributed by atoms with van der Waals surface area (Å²) in [7, 11) is 0. The van der Waals surface area contributed by atoms with Crippen molar-refractivity contribution in [2.75, 3.05) is 0 Å². The number of aromatic nitrogens is 1. The van der Waals surface area contributed by atoms with Gasteiger partial charge in [-0.15, -0.1) is 0 Å². The molecule has 2 rings (SSSR count). The molecule has 0 atom stereocenters. The minimum absolute atomic E-state index is 0.0827. The molecule has 0 saturated carbocycles. The molecule has 94 valence electrons. The Labute approximate surface area is 110 Å². The van der Waals surface area contributed by atoms with Gasteiger partial charge in [-0.3, -0.25) is 10.1 Å². The van der Waals surface area contributed by atoms with Gasteiger partial charge in [0.15, 0.2) is 5.82 Å². The van der Waals surface area contributed by atoms with Crippen LogP contribution in [-0.4, -0.2) is 16.1 Å². The van der Waals surface area contributed by atoms with E-state index in [0.29, 0.717) is 5.82 Å². The van der Waals surface area contributed by atoms with Crippen molar-refractivity contribution in [1.82, 2.24) is 4.98 Å². The van der Waals surface area contributed by atoms with Gasteiger partial charge in [0.05, 0.1) is 4.92 Å². The summed E-state index contributed by atoms with van der Waals surface area (Å²) in [6.45, 7) is 0. The molecule has 1 aromatic carbocycles. The quantitative estimate of drug-likeness (QED) is 0.476. The van der Waals surface area contributed by atoms with Crippen LogP contribution < -0.4 is 0 Å². The normalized spacial score (nSPS) is 11.2. The maximum Gasteiger partial charge on any atom is 0.269 e. The highest BCUT2D eigenvalue weighted by molar-refractivity contribution is 5.80. The van der Waals surface area contributed by atoms with Crippen molar-refractivity contribution in [1.29, 1.82) is 0 Å². The number of rotatable bonds is 4. The predicted octanol–water partition coefficient (Wildman–Crippen LogP) is 3.41. The Bertz CT molecular complexity index is 604. The van der Waals surface area contributed by atoms with Crippen molar-refractivity contribution in [3.63, 3.8) is 0 Å². The first-order valence-corrected chi connectivity index (χ1v) is 5.62. The molecular formula is C14H11N3O2. The highest BCUT2D eigenvalue weighted by Gasteiger charge is 2.01. The number of nitrogens with zero attached hydrogens (tertiary/aromatic N) is 3. The minimum atomic E-state index is -0.421. The summed E-state index contributed by atoms with van der Waals surface area (Å²) in [5.74, 6) is 0.635. The van der Waals surface area contributed by atoms with Crippen LogP contribution in [0.4, 0.5) is 11.5 Å². The molecule has 0 amide bonds. The molecule has 5 heteroatoms. The first-order chi connectivity index (χ1) is 9.25. The lowest BCUT2D eigenvalue weighted by atomic mass is 10.2. The molecule has 0 radical (unpaired) electrons. The fraction of sp³-hybridized carbons (Fsp3) is 0. The third-order valence-electron chi connectivity index (χ3n) is 2.33. The van der Waals surface area contributed by atoms with Crippen LogP contribution in [0.2, 0.25) is 0 Å². The van der Waals surface area contributed by atoms with Gasteiger partial charge < -0.3 is 0 Å². The lowest BCUT2D eigenvalue weighted by molar-refractivity contribution is -0.384. The number of pyridine rings is 1. The Morgan fingerprint density at radius 2 is 1.95 bits per heavy atom. The van der Waals surface area contributed by atoms with E-state index in [2.05, 4.69) is 9.98 Å². The van der Waals surface area contributed by atoms with Crippen LogP contribution >= 0.6 is 0 Å². The Balaban J connectivity index is 1.99. The molecule has 0 spiro atoms. The molecule has 0 fully saturated rings. The maximum absolute atomic E-state index is 10.5. The molecule has 19 heavy (non-hydrogen) atoms. The van der Waals surface area contributed by atoms with E-state index in [1.807, 2.05) is 18.2 Å². The zero-order valence-corrected chi connectivity index (χ0v) is 10.0. The van der Waals surface area contributed by atoms with E-state index >= 15 is 0 Å². The molecular weight excluding hydrogens is 242 g/mol. The monoisotopic (exact) mass is 253 g/mol. The molecule has 1 heterocycles. The summed E-state index contributed by atoms with van der Waals surface area (Å²) in [6, 6.07) is 11.8. The van der Waals surface area contributed by atoms with Gasteiger partial charge in [0.2, 0.25) is 0 Å². The van der Waals surface area contributed by atoms with Gasteiger partial charge >= 0.3 is 0 Å². The van der Waals surface area contributed by atoms with Gasteiger partial charge in [-0.2, -0.15) is 0 Å². The Kier molecular flexibility index (Phi) is 4.12. The number of nitro groups is 1. The zero-order valence-electron chi connectivity index (χ0n) is 10.0. The van der Waals surface area contributed by atoms with E-state index in [9.17, 15) is 10.1 Å². The number of hydrogen-bond donors (Lipinski definition) is 0. The molecule has 0 aliphatic heterocycles. The summed E-state index contributed by atoms with van der Waals surface area (Å²) >= 11 is 0. The van der Waals surface area contributed by atoms with Crippen molar-refractivity contribution in [3.8, 4) is 0 Å². The molecule has 0 aliphatic carbocycles. The van der Waals surface area contributed by atoms with Crippen molar-refractivity contribution in [2.24, 2.45) is 4.99 Å². The van der Waals surface area contributed by atoms with Crippen molar-refractivity contribution in [2.45, 2.75) is 0 Å². The number of aliphatic imine (C=N–C) groups is 1. The molecule has 0 saturated heterocycles. The van der Waals surface area contributed by atoms with Gasteiger partial charge in [-0.1, -0.05) is 12.1 Å². The summed E-state index contributed by atoms with van der Waals surface area (Å²) in [5, 5.41) is 10.5. The molecule has 0 bridgehead atoms. The van der Waals surface area contributed by atoms with Crippen LogP contribution in [0.5, 0.6) is 0 Å². The second kappa shape index (κ2) is 6.20. The van der Waals surface area contributed by atoms with E-state index in [-0.39, 0.29) is 5.69 Å². The van der Waals surface area contributed by atoms with Gasteiger partial charge in [0, 0.05) is 24.5 Å². The van der Waals surface area contributed by atoms with E-state index in [1.165, 1.54) is 12.1 Å². The van der Waals surface area contributed by atoms with Crippen LogP contribution in [0.15, 0.2) is 59.7 Å². The van der Waals surface area contributed by atoms with Crippen LogP contribution in [0.1, 0.15) is 5.56 Å². The standard InChI is InChI=1S/C14H11N3O2/c18-17(19)13-8-6-12(7-9-13)4-3-11-16-14-5-1-2-10-15-14/h1-11H. The topological polar surface area (TPSA) is 68.4 Å². The van der Waals surface area contributed by atoms with Gasteiger partial charge in [0.1, 0.15) is 0 Å². The third kappa shape index (κ3) is 3.85. The highest BCUT2D eigenvalue weighted by Crippen LogP contribution is 2.12. The summed E-state index contributed by atoms with van der Waals surface area (Å²) < 4.78 is 0. The molecule has 0 aliphatic rings. The highest BCUT2D eigenvalue weighted by atomic mass is 16.6. The molecule has 5 nitrogen and oxygen atoms in total. The zero-order chi connectivity index (χ0) is 13.5. The largest absolute Gasteiger partial charge is 0.269 e. The molecule has 0 unspecified atom stereocenters. The average Bonchev–Trinajstić information content (AvgIpc) is 2.45. The fourth-order valence-corrected chi connectivity index (χ4v) is 1.41. The summed E-state index contributed by atoms with van der Waals surface area (Å²) in [6.07, 6.45) is 6.88. The fourth-order valence-electron chi connectivity index (χ4n) is 1.41. The van der Waals surface area contributed by atoms with Gasteiger partial charge in [-0.25, -0.2) is 9.98 Å². The van der Waals surface area contributed by atoms with E-state index in [0.717, 1.165) is 5.56 Å². The summed E-state index contributed by atoms with van der Waals surface area (Å²) in [5.41, 5.74) is 0.956. The first kappa shape index (κ1) is 12.6. The Hall–Kier alpha value is -2.82. The summed E-state index contributed by atoms with van der Waals surface area (Å²) in [4.78, 5) is 18.3. The number of nitro benzene ring substituents is 1.